The van der Waals surface area contributed by atoms with E-state index in [0.29, 0.717) is 6.04 Å². The number of hydrogen-bond acceptors (Lipinski definition) is 2. The summed E-state index contributed by atoms with van der Waals surface area (Å²) >= 11 is 0. The molecule has 1 N–H and O–H groups in total. The number of hydrogen-bond donors (Lipinski definition) is 1. The lowest BCUT2D eigenvalue weighted by Gasteiger charge is -2.28. The summed E-state index contributed by atoms with van der Waals surface area (Å²) in [5.74, 6) is 0.816. The van der Waals surface area contributed by atoms with Crippen LogP contribution in [0.4, 0.5) is 0 Å². The van der Waals surface area contributed by atoms with E-state index < -0.39 is 0 Å². The zero-order valence-corrected chi connectivity index (χ0v) is 12.7. The minimum Gasteiger partial charge on any atom is -0.317 e. The Hall–Kier alpha value is -0.830. The molecule has 0 aliphatic heterocycles. The van der Waals surface area contributed by atoms with Gasteiger partial charge in [0.15, 0.2) is 0 Å². The Balaban J connectivity index is 1.92. The van der Waals surface area contributed by atoms with Crippen molar-refractivity contribution in [3.05, 3.63) is 18.0 Å². The summed E-state index contributed by atoms with van der Waals surface area (Å²) in [7, 11) is 2.09. The Labute approximate surface area is 117 Å². The number of aromatic nitrogens is 2. The van der Waals surface area contributed by atoms with Crippen LogP contribution in [0.15, 0.2) is 12.3 Å². The van der Waals surface area contributed by atoms with E-state index in [1.54, 1.807) is 0 Å². The number of nitrogens with one attached hydrogen (secondary N) is 1. The van der Waals surface area contributed by atoms with Crippen LogP contribution in [-0.2, 0) is 6.42 Å². The first-order valence-corrected chi connectivity index (χ1v) is 7.98. The van der Waals surface area contributed by atoms with Crippen LogP contribution in [0.25, 0.3) is 0 Å². The van der Waals surface area contributed by atoms with E-state index in [4.69, 9.17) is 5.10 Å². The molecule has 2 unspecified atom stereocenters. The minimum atomic E-state index is 0.574. The molecule has 1 aliphatic rings. The molecule has 108 valence electrons. The molecule has 1 fully saturated rings. The van der Waals surface area contributed by atoms with Crippen molar-refractivity contribution in [1.29, 1.82) is 0 Å². The van der Waals surface area contributed by atoms with E-state index in [9.17, 15) is 0 Å². The van der Waals surface area contributed by atoms with Crippen LogP contribution < -0.4 is 5.32 Å². The summed E-state index contributed by atoms with van der Waals surface area (Å²) in [5, 5.41) is 8.23. The van der Waals surface area contributed by atoms with Gasteiger partial charge >= 0.3 is 0 Å². The first-order chi connectivity index (χ1) is 9.26. The summed E-state index contributed by atoms with van der Waals surface area (Å²) in [4.78, 5) is 0. The van der Waals surface area contributed by atoms with Crippen LogP contribution in [-0.4, -0.2) is 22.9 Å². The van der Waals surface area contributed by atoms with Crippen molar-refractivity contribution in [2.75, 3.05) is 7.05 Å². The van der Waals surface area contributed by atoms with Gasteiger partial charge in [-0.2, -0.15) is 5.10 Å². The summed E-state index contributed by atoms with van der Waals surface area (Å²) in [5.41, 5.74) is 1.29. The fraction of sp³-hybridized carbons (Fsp3) is 0.812. The Kier molecular flexibility index (Phi) is 5.44. The molecule has 19 heavy (non-hydrogen) atoms. The van der Waals surface area contributed by atoms with Crippen LogP contribution >= 0.6 is 0 Å². The lowest BCUT2D eigenvalue weighted by Crippen LogP contribution is -2.32. The quantitative estimate of drug-likeness (QED) is 0.850. The van der Waals surface area contributed by atoms with Crippen molar-refractivity contribution in [2.45, 2.75) is 70.9 Å². The second kappa shape index (κ2) is 7.09. The summed E-state index contributed by atoms with van der Waals surface area (Å²) < 4.78 is 2.17. The maximum absolute atomic E-state index is 4.79. The van der Waals surface area contributed by atoms with Gasteiger partial charge in [0.05, 0.1) is 11.7 Å². The Morgan fingerprint density at radius 2 is 2.16 bits per heavy atom. The van der Waals surface area contributed by atoms with Crippen LogP contribution in [0.1, 0.15) is 64.1 Å². The molecule has 0 bridgehead atoms. The highest BCUT2D eigenvalue weighted by Crippen LogP contribution is 2.27. The second-order valence-corrected chi connectivity index (χ2v) is 5.98. The molecular formula is C16H29N3. The van der Waals surface area contributed by atoms with Gasteiger partial charge in [0.2, 0.25) is 0 Å². The highest BCUT2D eigenvalue weighted by atomic mass is 15.3. The summed E-state index contributed by atoms with van der Waals surface area (Å²) in [6, 6.07) is 3.52. The molecule has 1 aromatic rings. The minimum absolute atomic E-state index is 0.574. The first kappa shape index (κ1) is 14.6. The monoisotopic (exact) mass is 263 g/mol. The molecule has 3 nitrogen and oxygen atoms in total. The molecule has 2 rings (SSSR count). The van der Waals surface area contributed by atoms with Gasteiger partial charge in [-0.3, -0.25) is 4.68 Å². The van der Waals surface area contributed by atoms with Crippen molar-refractivity contribution >= 4 is 0 Å². The van der Waals surface area contributed by atoms with Gasteiger partial charge in [0.1, 0.15) is 0 Å². The predicted octanol–water partition coefficient (Wildman–Crippen LogP) is 3.56. The highest BCUT2D eigenvalue weighted by Gasteiger charge is 2.21. The largest absolute Gasteiger partial charge is 0.317 e. The first-order valence-electron chi connectivity index (χ1n) is 7.98. The third-order valence-electron chi connectivity index (χ3n) is 4.67. The normalized spacial score (nSPS) is 24.0. The number of rotatable bonds is 6. The lowest BCUT2D eigenvalue weighted by atomic mass is 9.83. The second-order valence-electron chi connectivity index (χ2n) is 5.98. The zero-order valence-electron chi connectivity index (χ0n) is 12.7. The molecule has 1 aliphatic carbocycles. The van der Waals surface area contributed by atoms with Crippen LogP contribution in [0, 0.1) is 5.92 Å². The van der Waals surface area contributed by atoms with Gasteiger partial charge < -0.3 is 5.32 Å². The van der Waals surface area contributed by atoms with E-state index in [-0.39, 0.29) is 0 Å². The lowest BCUT2D eigenvalue weighted by molar-refractivity contribution is 0.291. The standard InChI is InChI=1S/C16H29N3/c1-4-16(5-2)19-10-9-15(18-19)12-13-7-6-8-14(11-13)17-3/h9-10,13-14,16-17H,4-8,11-12H2,1-3H3. The van der Waals surface area contributed by atoms with Crippen LogP contribution in [0.5, 0.6) is 0 Å². The molecular weight excluding hydrogens is 234 g/mol. The molecule has 1 saturated carbocycles. The third kappa shape index (κ3) is 3.82. The van der Waals surface area contributed by atoms with Crippen molar-refractivity contribution in [3.8, 4) is 0 Å². The van der Waals surface area contributed by atoms with Crippen molar-refractivity contribution in [1.82, 2.24) is 15.1 Å². The van der Waals surface area contributed by atoms with Gasteiger partial charge in [-0.1, -0.05) is 20.3 Å². The third-order valence-corrected chi connectivity index (χ3v) is 4.67. The van der Waals surface area contributed by atoms with Gasteiger partial charge in [-0.25, -0.2) is 0 Å². The number of nitrogens with zero attached hydrogens (tertiary/aromatic N) is 2. The van der Waals surface area contributed by atoms with Gasteiger partial charge in [-0.05, 0) is 57.6 Å². The average Bonchev–Trinajstić information content (AvgIpc) is 2.89. The molecule has 0 spiro atoms. The Bertz CT molecular complexity index is 368. The Morgan fingerprint density at radius 1 is 1.37 bits per heavy atom. The van der Waals surface area contributed by atoms with E-state index in [0.717, 1.165) is 18.4 Å². The van der Waals surface area contributed by atoms with E-state index in [1.807, 2.05) is 0 Å². The smallest absolute Gasteiger partial charge is 0.0627 e. The molecule has 0 saturated heterocycles. The van der Waals surface area contributed by atoms with E-state index in [1.165, 1.54) is 44.2 Å². The molecule has 3 heteroatoms. The van der Waals surface area contributed by atoms with Crippen LogP contribution in [0.2, 0.25) is 0 Å². The fourth-order valence-corrected chi connectivity index (χ4v) is 3.39. The van der Waals surface area contributed by atoms with E-state index in [2.05, 4.69) is 43.2 Å². The molecule has 0 radical (unpaired) electrons. The van der Waals surface area contributed by atoms with E-state index >= 15 is 0 Å². The van der Waals surface area contributed by atoms with Crippen molar-refractivity contribution in [3.63, 3.8) is 0 Å². The zero-order chi connectivity index (χ0) is 13.7. The summed E-state index contributed by atoms with van der Waals surface area (Å²) in [6.45, 7) is 4.49. The average molecular weight is 263 g/mol. The van der Waals surface area contributed by atoms with Gasteiger partial charge in [0, 0.05) is 12.2 Å². The van der Waals surface area contributed by atoms with Crippen LogP contribution in [0.3, 0.4) is 0 Å². The SMILES string of the molecule is CCC(CC)n1ccc(CC2CCCC(NC)C2)n1. The van der Waals surface area contributed by atoms with Gasteiger partial charge in [0.25, 0.3) is 0 Å². The highest BCUT2D eigenvalue weighted by molar-refractivity contribution is 5.02. The van der Waals surface area contributed by atoms with Gasteiger partial charge in [-0.15, -0.1) is 0 Å². The Morgan fingerprint density at radius 3 is 2.84 bits per heavy atom. The molecule has 2 atom stereocenters. The molecule has 0 amide bonds. The fourth-order valence-electron chi connectivity index (χ4n) is 3.39. The summed E-state index contributed by atoms with van der Waals surface area (Å²) in [6.07, 6.45) is 11.1. The maximum Gasteiger partial charge on any atom is 0.0627 e. The van der Waals surface area contributed by atoms with Crippen molar-refractivity contribution in [2.24, 2.45) is 5.92 Å². The molecule has 0 aromatic carbocycles. The molecule has 1 heterocycles. The predicted molar refractivity (Wildman–Crippen MR) is 80.4 cm³/mol. The molecule has 1 aromatic heterocycles. The topological polar surface area (TPSA) is 29.9 Å². The van der Waals surface area contributed by atoms with Crippen molar-refractivity contribution < 1.29 is 0 Å². The maximum atomic E-state index is 4.79.